The van der Waals surface area contributed by atoms with E-state index in [4.69, 9.17) is 4.74 Å². The number of carbonyl (C=O) groups is 2. The van der Waals surface area contributed by atoms with Gasteiger partial charge in [0.1, 0.15) is 12.4 Å². The van der Waals surface area contributed by atoms with E-state index in [1.54, 1.807) is 6.08 Å². The van der Waals surface area contributed by atoms with Crippen LogP contribution in [-0.2, 0) is 17.9 Å². The van der Waals surface area contributed by atoms with Gasteiger partial charge in [-0.1, -0.05) is 64.5 Å². The first kappa shape index (κ1) is 25.1. The fourth-order valence-corrected chi connectivity index (χ4v) is 5.10. The Morgan fingerprint density at radius 1 is 0.971 bits per heavy atom. The molecule has 0 aliphatic carbocycles. The first-order valence-electron chi connectivity index (χ1n) is 11.5. The summed E-state index contributed by atoms with van der Waals surface area (Å²) in [7, 11) is 0. The maximum Gasteiger partial charge on any atom is 0.293 e. The van der Waals surface area contributed by atoms with Gasteiger partial charge in [0.05, 0.1) is 11.4 Å². The topological polar surface area (TPSA) is 49.9 Å². The molecule has 3 aromatic rings. The fourth-order valence-electron chi connectivity index (χ4n) is 3.86. The van der Waals surface area contributed by atoms with Crippen molar-refractivity contribution in [1.29, 1.82) is 0 Å². The number of amides is 2. The minimum absolute atomic E-state index is 0.224. The fraction of sp³-hybridized carbons (Fsp3) is 0.214. The third kappa shape index (κ3) is 5.97. The smallest absolute Gasteiger partial charge is 0.293 e. The van der Waals surface area contributed by atoms with Crippen LogP contribution in [0.25, 0.3) is 6.08 Å². The molecule has 5 nitrogen and oxygen atoms in total. The van der Waals surface area contributed by atoms with E-state index in [1.807, 2.05) is 72.8 Å². The van der Waals surface area contributed by atoms with E-state index in [9.17, 15) is 9.59 Å². The van der Waals surface area contributed by atoms with Gasteiger partial charge in [0.25, 0.3) is 11.1 Å². The van der Waals surface area contributed by atoms with Gasteiger partial charge in [0.15, 0.2) is 0 Å². The van der Waals surface area contributed by atoms with Crippen molar-refractivity contribution in [1.82, 2.24) is 4.90 Å². The van der Waals surface area contributed by atoms with Crippen molar-refractivity contribution in [2.75, 3.05) is 18.0 Å². The Balaban J connectivity index is 1.62. The molecule has 0 unspecified atom stereocenters. The van der Waals surface area contributed by atoms with Gasteiger partial charge in [-0.05, 0) is 61.0 Å². The molecule has 0 radical (unpaired) electrons. The highest BCUT2D eigenvalue weighted by Crippen LogP contribution is 2.36. The van der Waals surface area contributed by atoms with Crippen LogP contribution in [-0.4, -0.2) is 29.1 Å². The van der Waals surface area contributed by atoms with Crippen LogP contribution in [0.1, 0.15) is 30.5 Å². The molecular weight excluding hydrogens is 524 g/mol. The molecule has 4 rings (SSSR count). The zero-order chi connectivity index (χ0) is 24.8. The molecule has 180 valence electrons. The number of halogens is 1. The summed E-state index contributed by atoms with van der Waals surface area (Å²) in [5.41, 5.74) is 3.76. The van der Waals surface area contributed by atoms with Gasteiger partial charge in [-0.3, -0.25) is 14.5 Å². The summed E-state index contributed by atoms with van der Waals surface area (Å²) in [6.45, 7) is 6.62. The largest absolute Gasteiger partial charge is 0.488 e. The van der Waals surface area contributed by atoms with Crippen LogP contribution in [0, 0.1) is 0 Å². The number of hydrogen-bond acceptors (Lipinski definition) is 5. The van der Waals surface area contributed by atoms with Gasteiger partial charge in [0, 0.05) is 34.9 Å². The minimum atomic E-state index is -0.294. The normalized spacial score (nSPS) is 14.6. The Hall–Kier alpha value is -3.03. The van der Waals surface area contributed by atoms with Crippen molar-refractivity contribution in [3.8, 4) is 5.75 Å². The summed E-state index contributed by atoms with van der Waals surface area (Å²) in [5.74, 6) is 0.383. The Morgan fingerprint density at radius 3 is 2.40 bits per heavy atom. The molecule has 1 aliphatic heterocycles. The van der Waals surface area contributed by atoms with Crippen LogP contribution >= 0.6 is 27.7 Å². The molecule has 1 saturated heterocycles. The highest BCUT2D eigenvalue weighted by molar-refractivity contribution is 9.10. The molecule has 0 saturated carbocycles. The predicted molar refractivity (Wildman–Crippen MR) is 146 cm³/mol. The number of anilines is 1. The molecule has 3 aromatic carbocycles. The van der Waals surface area contributed by atoms with Crippen molar-refractivity contribution in [3.63, 3.8) is 0 Å². The lowest BCUT2D eigenvalue weighted by molar-refractivity contribution is -0.123. The Morgan fingerprint density at radius 2 is 1.69 bits per heavy atom. The second-order valence-electron chi connectivity index (χ2n) is 8.03. The molecule has 7 heteroatoms. The van der Waals surface area contributed by atoms with Crippen molar-refractivity contribution in [2.24, 2.45) is 0 Å². The second-order valence-corrected chi connectivity index (χ2v) is 9.88. The summed E-state index contributed by atoms with van der Waals surface area (Å²) in [6, 6.07) is 23.5. The standard InChI is InChI=1S/C28H27BrN2O3S/c1-3-30(4-2)23-15-14-21(25(17-23)34-19-20-10-6-5-7-11-20)16-26-27(32)31(28(33)35-26)18-22-12-8-9-13-24(22)29/h5-17H,3-4,18-19H2,1-2H3/b26-16-. The lowest BCUT2D eigenvalue weighted by Gasteiger charge is -2.22. The molecular formula is C28H27BrN2O3S. The van der Waals surface area contributed by atoms with E-state index < -0.39 is 0 Å². The summed E-state index contributed by atoms with van der Waals surface area (Å²) >= 11 is 4.46. The number of hydrogen-bond donors (Lipinski definition) is 0. The monoisotopic (exact) mass is 550 g/mol. The third-order valence-corrected chi connectivity index (χ3v) is 7.49. The van der Waals surface area contributed by atoms with E-state index >= 15 is 0 Å². The molecule has 0 aromatic heterocycles. The quantitative estimate of drug-likeness (QED) is 0.265. The Labute approximate surface area is 218 Å². The van der Waals surface area contributed by atoms with Crippen molar-refractivity contribution in [3.05, 3.63) is 98.9 Å². The van der Waals surface area contributed by atoms with Gasteiger partial charge in [0.2, 0.25) is 0 Å². The number of ether oxygens (including phenoxy) is 1. The van der Waals surface area contributed by atoms with Crippen LogP contribution in [0.5, 0.6) is 5.75 Å². The third-order valence-electron chi connectivity index (χ3n) is 5.81. The lowest BCUT2D eigenvalue weighted by atomic mass is 10.1. The van der Waals surface area contributed by atoms with Crippen molar-refractivity contribution in [2.45, 2.75) is 27.0 Å². The molecule has 0 bridgehead atoms. The molecule has 1 fully saturated rings. The molecule has 2 amide bonds. The van der Waals surface area contributed by atoms with E-state index in [-0.39, 0.29) is 17.7 Å². The Kier molecular flexibility index (Phi) is 8.31. The predicted octanol–water partition coefficient (Wildman–Crippen LogP) is 7.11. The average Bonchev–Trinajstić information content (AvgIpc) is 3.13. The van der Waals surface area contributed by atoms with Crippen LogP contribution < -0.4 is 9.64 Å². The van der Waals surface area contributed by atoms with E-state index in [0.29, 0.717) is 17.3 Å². The lowest BCUT2D eigenvalue weighted by Crippen LogP contribution is -2.27. The van der Waals surface area contributed by atoms with Crippen molar-refractivity contribution < 1.29 is 14.3 Å². The first-order chi connectivity index (χ1) is 17.0. The Bertz CT molecular complexity index is 1240. The minimum Gasteiger partial charge on any atom is -0.488 e. The van der Waals surface area contributed by atoms with Crippen LogP contribution in [0.3, 0.4) is 0 Å². The van der Waals surface area contributed by atoms with E-state index in [0.717, 1.165) is 51.7 Å². The van der Waals surface area contributed by atoms with Gasteiger partial charge in [-0.2, -0.15) is 0 Å². The average molecular weight is 552 g/mol. The summed E-state index contributed by atoms with van der Waals surface area (Å²) in [6.07, 6.45) is 1.76. The maximum absolute atomic E-state index is 13.1. The number of thioether (sulfide) groups is 1. The number of benzene rings is 3. The van der Waals surface area contributed by atoms with Gasteiger partial charge >= 0.3 is 0 Å². The molecule has 0 N–H and O–H groups in total. The second kappa shape index (κ2) is 11.6. The zero-order valence-electron chi connectivity index (χ0n) is 19.7. The first-order valence-corrected chi connectivity index (χ1v) is 13.2. The molecule has 0 spiro atoms. The number of imide groups is 1. The molecule has 35 heavy (non-hydrogen) atoms. The summed E-state index contributed by atoms with van der Waals surface area (Å²) < 4.78 is 7.08. The SMILES string of the molecule is CCN(CC)c1ccc(/C=C2\SC(=O)N(Cc3ccccc3Br)C2=O)c(OCc2ccccc2)c1. The number of nitrogens with zero attached hydrogens (tertiary/aromatic N) is 2. The van der Waals surface area contributed by atoms with Crippen molar-refractivity contribution >= 4 is 50.6 Å². The van der Waals surface area contributed by atoms with Crippen LogP contribution in [0.2, 0.25) is 0 Å². The van der Waals surface area contributed by atoms with Gasteiger partial charge < -0.3 is 9.64 Å². The summed E-state index contributed by atoms with van der Waals surface area (Å²) in [5, 5.41) is -0.275. The molecule has 1 heterocycles. The van der Waals surface area contributed by atoms with Gasteiger partial charge in [-0.15, -0.1) is 0 Å². The number of rotatable bonds is 9. The van der Waals surface area contributed by atoms with E-state index in [1.165, 1.54) is 4.90 Å². The van der Waals surface area contributed by atoms with E-state index in [2.05, 4.69) is 34.7 Å². The zero-order valence-corrected chi connectivity index (χ0v) is 22.1. The van der Waals surface area contributed by atoms with Gasteiger partial charge in [-0.25, -0.2) is 0 Å². The highest BCUT2D eigenvalue weighted by Gasteiger charge is 2.35. The molecule has 0 atom stereocenters. The number of carbonyl (C=O) groups excluding carboxylic acids is 2. The molecule has 1 aliphatic rings. The maximum atomic E-state index is 13.1. The highest BCUT2D eigenvalue weighted by atomic mass is 79.9. The van der Waals surface area contributed by atoms with Crippen LogP contribution in [0.15, 0.2) is 82.2 Å². The van der Waals surface area contributed by atoms with Crippen LogP contribution in [0.4, 0.5) is 10.5 Å². The summed E-state index contributed by atoms with van der Waals surface area (Å²) in [4.78, 5) is 29.8.